The van der Waals surface area contributed by atoms with Crippen molar-refractivity contribution in [1.82, 2.24) is 24.5 Å². The van der Waals surface area contributed by atoms with Crippen LogP contribution >= 0.6 is 0 Å². The van der Waals surface area contributed by atoms with Crippen molar-refractivity contribution in [2.75, 3.05) is 40.8 Å². The Kier molecular flexibility index (Phi) is 10.1. The SMILES string of the molecule is CCn1nc(C(=O)N(C)CCCC[C@H]2C(=O)N(C)CCCCCOc3ccccc3C(=O)N2C)cc1C. The predicted molar refractivity (Wildman–Crippen MR) is 143 cm³/mol. The molecule has 1 aromatic carbocycles. The lowest BCUT2D eigenvalue weighted by Gasteiger charge is -2.31. The fraction of sp³-hybridized carbons (Fsp3) is 0.571. The summed E-state index contributed by atoms with van der Waals surface area (Å²) in [6, 6.07) is 8.45. The van der Waals surface area contributed by atoms with Crippen LogP contribution in [0.2, 0.25) is 0 Å². The van der Waals surface area contributed by atoms with E-state index in [2.05, 4.69) is 5.10 Å². The fourth-order valence-electron chi connectivity index (χ4n) is 4.68. The first-order chi connectivity index (χ1) is 17.7. The first-order valence-electron chi connectivity index (χ1n) is 13.3. The molecule has 0 spiro atoms. The summed E-state index contributed by atoms with van der Waals surface area (Å²) in [4.78, 5) is 44.6. The number of amides is 3. The van der Waals surface area contributed by atoms with Crippen LogP contribution in [0.5, 0.6) is 5.75 Å². The summed E-state index contributed by atoms with van der Waals surface area (Å²) < 4.78 is 7.73. The molecule has 3 amide bonds. The lowest BCUT2D eigenvalue weighted by Crippen LogP contribution is -2.48. The smallest absolute Gasteiger partial charge is 0.274 e. The number of carbonyl (C=O) groups is 3. The summed E-state index contributed by atoms with van der Waals surface area (Å²) in [5, 5.41) is 4.38. The van der Waals surface area contributed by atoms with E-state index in [1.807, 2.05) is 49.8 Å². The predicted octanol–water partition coefficient (Wildman–Crippen LogP) is 3.62. The molecule has 2 heterocycles. The second-order valence-corrected chi connectivity index (χ2v) is 9.81. The third-order valence-corrected chi connectivity index (χ3v) is 7.03. The van der Waals surface area contributed by atoms with Crippen molar-refractivity contribution in [3.63, 3.8) is 0 Å². The minimum Gasteiger partial charge on any atom is -0.493 e. The van der Waals surface area contributed by atoms with Gasteiger partial charge in [-0.2, -0.15) is 5.10 Å². The molecule has 2 aromatic rings. The summed E-state index contributed by atoms with van der Waals surface area (Å²) in [5.74, 6) is 0.158. The maximum Gasteiger partial charge on any atom is 0.274 e. The average Bonchev–Trinajstić information content (AvgIpc) is 3.29. The first-order valence-corrected chi connectivity index (χ1v) is 13.3. The van der Waals surface area contributed by atoms with Gasteiger partial charge in [-0.25, -0.2) is 0 Å². The van der Waals surface area contributed by atoms with Gasteiger partial charge in [0.2, 0.25) is 5.91 Å². The Balaban J connectivity index is 1.67. The van der Waals surface area contributed by atoms with Crippen LogP contribution in [0.15, 0.2) is 30.3 Å². The zero-order valence-electron chi connectivity index (χ0n) is 22.9. The minimum absolute atomic E-state index is 0.0569. The van der Waals surface area contributed by atoms with Crippen molar-refractivity contribution in [2.24, 2.45) is 0 Å². The molecular formula is C28H41N5O4. The molecular weight excluding hydrogens is 470 g/mol. The van der Waals surface area contributed by atoms with Gasteiger partial charge in [0.15, 0.2) is 5.69 Å². The average molecular weight is 512 g/mol. The van der Waals surface area contributed by atoms with E-state index in [0.717, 1.165) is 31.5 Å². The highest BCUT2D eigenvalue weighted by molar-refractivity contribution is 5.99. The molecule has 9 nitrogen and oxygen atoms in total. The molecule has 1 aliphatic heterocycles. The van der Waals surface area contributed by atoms with Gasteiger partial charge in [0.25, 0.3) is 11.8 Å². The van der Waals surface area contributed by atoms with Crippen LogP contribution < -0.4 is 4.74 Å². The van der Waals surface area contributed by atoms with Crippen molar-refractivity contribution in [3.8, 4) is 5.75 Å². The van der Waals surface area contributed by atoms with E-state index in [1.54, 1.807) is 34.9 Å². The van der Waals surface area contributed by atoms with Crippen molar-refractivity contribution in [3.05, 3.63) is 47.3 Å². The number of carbonyl (C=O) groups excluding carboxylic acids is 3. The number of likely N-dealkylation sites (N-methyl/N-ethyl adjacent to an activating group) is 2. The van der Waals surface area contributed by atoms with Crippen molar-refractivity contribution >= 4 is 17.7 Å². The molecule has 0 N–H and O–H groups in total. The van der Waals surface area contributed by atoms with E-state index in [4.69, 9.17) is 4.74 Å². The Labute approximate surface area is 220 Å². The second-order valence-electron chi connectivity index (χ2n) is 9.81. The lowest BCUT2D eigenvalue weighted by atomic mass is 10.0. The number of aromatic nitrogens is 2. The number of hydrogen-bond donors (Lipinski definition) is 0. The number of aryl methyl sites for hydroxylation is 2. The van der Waals surface area contributed by atoms with Gasteiger partial charge in [-0.15, -0.1) is 0 Å². The third kappa shape index (κ3) is 7.11. The van der Waals surface area contributed by atoms with Crippen LogP contribution in [-0.4, -0.2) is 89.1 Å². The van der Waals surface area contributed by atoms with Gasteiger partial charge in [0.1, 0.15) is 11.8 Å². The molecule has 37 heavy (non-hydrogen) atoms. The quantitative estimate of drug-likeness (QED) is 0.530. The first kappa shape index (κ1) is 28.2. The topological polar surface area (TPSA) is 88.0 Å². The van der Waals surface area contributed by atoms with E-state index < -0.39 is 6.04 Å². The van der Waals surface area contributed by atoms with Crippen LogP contribution in [0.3, 0.4) is 0 Å². The number of fused-ring (bicyclic) bond motifs is 1. The van der Waals surface area contributed by atoms with Crippen LogP contribution in [0.25, 0.3) is 0 Å². The van der Waals surface area contributed by atoms with E-state index >= 15 is 0 Å². The number of benzene rings is 1. The second kappa shape index (κ2) is 13.3. The number of hydrogen-bond acceptors (Lipinski definition) is 5. The van der Waals surface area contributed by atoms with Gasteiger partial charge in [-0.05, 0) is 70.6 Å². The zero-order chi connectivity index (χ0) is 26.9. The van der Waals surface area contributed by atoms with Gasteiger partial charge in [-0.3, -0.25) is 19.1 Å². The van der Waals surface area contributed by atoms with E-state index in [9.17, 15) is 14.4 Å². The highest BCUT2D eigenvalue weighted by Gasteiger charge is 2.31. The molecule has 9 heteroatoms. The number of unbranched alkanes of at least 4 members (excludes halogenated alkanes) is 1. The Bertz CT molecular complexity index is 1080. The molecule has 1 aromatic heterocycles. The standard InChI is InChI=1S/C28H41N5O4/c1-6-33-21(2)20-23(29-33)27(35)30(3)18-12-10-15-24-28(36)31(4)17-11-7-13-19-37-25-16-9-8-14-22(25)26(34)32(24)5/h8-9,14,16,20,24H,6-7,10-13,15,17-19H2,1-5H3/t24-/m0/s1. The van der Waals surface area contributed by atoms with Gasteiger partial charge in [0, 0.05) is 46.5 Å². The van der Waals surface area contributed by atoms with Crippen molar-refractivity contribution in [2.45, 2.75) is 65.0 Å². The van der Waals surface area contributed by atoms with Gasteiger partial charge in [0.05, 0.1) is 12.2 Å². The minimum atomic E-state index is -0.588. The molecule has 0 bridgehead atoms. The molecule has 0 aliphatic carbocycles. The van der Waals surface area contributed by atoms with E-state index in [1.165, 1.54) is 0 Å². The molecule has 0 saturated heterocycles. The Morgan fingerprint density at radius 3 is 2.62 bits per heavy atom. The van der Waals surface area contributed by atoms with Crippen molar-refractivity contribution in [1.29, 1.82) is 0 Å². The van der Waals surface area contributed by atoms with E-state index in [0.29, 0.717) is 56.0 Å². The summed E-state index contributed by atoms with van der Waals surface area (Å²) >= 11 is 0. The highest BCUT2D eigenvalue weighted by atomic mass is 16.5. The Morgan fingerprint density at radius 2 is 1.89 bits per heavy atom. The summed E-state index contributed by atoms with van der Waals surface area (Å²) in [5.41, 5.74) is 1.87. The zero-order valence-corrected chi connectivity index (χ0v) is 22.9. The van der Waals surface area contributed by atoms with Crippen LogP contribution in [0, 0.1) is 6.92 Å². The normalized spacial score (nSPS) is 17.4. The van der Waals surface area contributed by atoms with Gasteiger partial charge in [-0.1, -0.05) is 12.1 Å². The number of rotatable bonds is 7. The van der Waals surface area contributed by atoms with Crippen LogP contribution in [0.4, 0.5) is 0 Å². The fourth-order valence-corrected chi connectivity index (χ4v) is 4.68. The monoisotopic (exact) mass is 511 g/mol. The molecule has 0 radical (unpaired) electrons. The van der Waals surface area contributed by atoms with Crippen molar-refractivity contribution < 1.29 is 19.1 Å². The molecule has 202 valence electrons. The summed E-state index contributed by atoms with van der Waals surface area (Å²) in [6.45, 7) is 6.38. The van der Waals surface area contributed by atoms with Crippen LogP contribution in [0.1, 0.15) is 72.0 Å². The molecule has 0 fully saturated rings. The molecule has 1 aliphatic rings. The van der Waals surface area contributed by atoms with Gasteiger partial charge >= 0.3 is 0 Å². The summed E-state index contributed by atoms with van der Waals surface area (Å²) in [6.07, 6.45) is 4.63. The number of para-hydroxylation sites is 1. The lowest BCUT2D eigenvalue weighted by molar-refractivity contribution is -0.134. The van der Waals surface area contributed by atoms with E-state index in [-0.39, 0.29) is 17.7 Å². The number of ether oxygens (including phenoxy) is 1. The number of nitrogens with zero attached hydrogens (tertiary/aromatic N) is 5. The largest absolute Gasteiger partial charge is 0.493 e. The highest BCUT2D eigenvalue weighted by Crippen LogP contribution is 2.23. The third-order valence-electron chi connectivity index (χ3n) is 7.03. The van der Waals surface area contributed by atoms with Crippen LogP contribution in [-0.2, 0) is 11.3 Å². The summed E-state index contributed by atoms with van der Waals surface area (Å²) in [7, 11) is 5.27. The maximum absolute atomic E-state index is 13.5. The molecule has 3 rings (SSSR count). The van der Waals surface area contributed by atoms with Gasteiger partial charge < -0.3 is 19.4 Å². The molecule has 1 atom stereocenters. The Hall–Kier alpha value is -3.36. The Morgan fingerprint density at radius 1 is 1.14 bits per heavy atom. The maximum atomic E-state index is 13.5. The molecule has 0 saturated carbocycles. The molecule has 0 unspecified atom stereocenters.